The van der Waals surface area contributed by atoms with E-state index in [0.717, 1.165) is 16.8 Å². The molecule has 7 heteroatoms. The molecule has 1 aromatic carbocycles. The number of nitrogens with zero attached hydrogens (tertiary/aromatic N) is 2. The fourth-order valence-electron chi connectivity index (χ4n) is 2.36. The van der Waals surface area contributed by atoms with E-state index in [2.05, 4.69) is 4.90 Å². The summed E-state index contributed by atoms with van der Waals surface area (Å²) in [4.78, 5) is 2.18. The van der Waals surface area contributed by atoms with Crippen LogP contribution in [0, 0.1) is 6.92 Å². The summed E-state index contributed by atoms with van der Waals surface area (Å²) in [6.07, 6.45) is 1.25. The van der Waals surface area contributed by atoms with E-state index in [1.54, 1.807) is 0 Å². The molecule has 0 bridgehead atoms. The molecule has 0 unspecified atom stereocenters. The summed E-state index contributed by atoms with van der Waals surface area (Å²) < 4.78 is 24.4. The summed E-state index contributed by atoms with van der Waals surface area (Å²) in [6, 6.07) is 3.76. The number of anilines is 1. The molecule has 0 amide bonds. The zero-order valence-electron chi connectivity index (χ0n) is 11.8. The standard InChI is InChI=1S/C13H20ClN3O2S/c1-10-3-4-12(14)11(13(10)15)9-16-5-7-17(8-6-16)20(2,18)19/h3-4H,5-9,15H2,1-2H3. The van der Waals surface area contributed by atoms with Crippen LogP contribution in [-0.2, 0) is 16.6 Å². The maximum Gasteiger partial charge on any atom is 0.211 e. The predicted octanol–water partition coefficient (Wildman–Crippen LogP) is 1.31. The van der Waals surface area contributed by atoms with Gasteiger partial charge in [-0.05, 0) is 18.6 Å². The monoisotopic (exact) mass is 317 g/mol. The third-order valence-electron chi connectivity index (χ3n) is 3.70. The van der Waals surface area contributed by atoms with Crippen LogP contribution in [0.5, 0.6) is 0 Å². The van der Waals surface area contributed by atoms with Gasteiger partial charge in [-0.3, -0.25) is 4.90 Å². The highest BCUT2D eigenvalue weighted by atomic mass is 35.5. The van der Waals surface area contributed by atoms with Gasteiger partial charge >= 0.3 is 0 Å². The van der Waals surface area contributed by atoms with Crippen LogP contribution in [0.3, 0.4) is 0 Å². The lowest BCUT2D eigenvalue weighted by molar-refractivity contribution is 0.182. The number of piperazine rings is 1. The number of rotatable bonds is 3. The van der Waals surface area contributed by atoms with Crippen LogP contribution in [0.2, 0.25) is 5.02 Å². The zero-order valence-corrected chi connectivity index (χ0v) is 13.3. The number of halogens is 1. The van der Waals surface area contributed by atoms with Crippen molar-refractivity contribution in [1.82, 2.24) is 9.21 Å². The van der Waals surface area contributed by atoms with Gasteiger partial charge in [-0.1, -0.05) is 17.7 Å². The average molecular weight is 318 g/mol. The first-order valence-electron chi connectivity index (χ1n) is 6.50. The van der Waals surface area contributed by atoms with Crippen molar-refractivity contribution in [3.63, 3.8) is 0 Å². The second-order valence-corrected chi connectivity index (χ2v) is 7.58. The molecule has 5 nitrogen and oxygen atoms in total. The van der Waals surface area contributed by atoms with E-state index in [-0.39, 0.29) is 0 Å². The average Bonchev–Trinajstić information content (AvgIpc) is 2.39. The van der Waals surface area contributed by atoms with Crippen LogP contribution >= 0.6 is 11.6 Å². The summed E-state index contributed by atoms with van der Waals surface area (Å²) in [6.45, 7) is 5.03. The highest BCUT2D eigenvalue weighted by molar-refractivity contribution is 7.88. The van der Waals surface area contributed by atoms with Gasteiger partial charge in [0.05, 0.1) is 6.26 Å². The number of hydrogen-bond acceptors (Lipinski definition) is 4. The molecule has 0 saturated carbocycles. The number of aryl methyl sites for hydroxylation is 1. The first-order chi connectivity index (χ1) is 9.29. The maximum absolute atomic E-state index is 11.5. The first-order valence-corrected chi connectivity index (χ1v) is 8.72. The second kappa shape index (κ2) is 5.89. The molecule has 1 aliphatic rings. The molecular weight excluding hydrogens is 298 g/mol. The summed E-state index contributed by atoms with van der Waals surface area (Å²) in [7, 11) is -3.09. The molecule has 0 atom stereocenters. The molecule has 0 spiro atoms. The lowest BCUT2D eigenvalue weighted by Gasteiger charge is -2.33. The van der Waals surface area contributed by atoms with E-state index >= 15 is 0 Å². The van der Waals surface area contributed by atoms with Crippen molar-refractivity contribution < 1.29 is 8.42 Å². The van der Waals surface area contributed by atoms with Gasteiger partial charge < -0.3 is 5.73 Å². The van der Waals surface area contributed by atoms with Gasteiger partial charge in [-0.2, -0.15) is 4.31 Å². The Hall–Kier alpha value is -0.820. The Labute approximate surface area is 125 Å². The lowest BCUT2D eigenvalue weighted by Crippen LogP contribution is -2.47. The van der Waals surface area contributed by atoms with Crippen molar-refractivity contribution in [3.05, 3.63) is 28.3 Å². The van der Waals surface area contributed by atoms with Gasteiger partial charge in [0.1, 0.15) is 0 Å². The molecule has 20 heavy (non-hydrogen) atoms. The van der Waals surface area contributed by atoms with E-state index in [9.17, 15) is 8.42 Å². The highest BCUT2D eigenvalue weighted by Gasteiger charge is 2.24. The summed E-state index contributed by atoms with van der Waals surface area (Å²) in [5, 5.41) is 0.665. The molecule has 0 aromatic heterocycles. The fraction of sp³-hybridized carbons (Fsp3) is 0.538. The topological polar surface area (TPSA) is 66.6 Å². The van der Waals surface area contributed by atoms with E-state index in [1.165, 1.54) is 10.6 Å². The Kier molecular flexibility index (Phi) is 4.59. The fourth-order valence-corrected chi connectivity index (χ4v) is 3.41. The summed E-state index contributed by atoms with van der Waals surface area (Å²) in [5.74, 6) is 0. The van der Waals surface area contributed by atoms with Crippen molar-refractivity contribution in [2.75, 3.05) is 38.2 Å². The van der Waals surface area contributed by atoms with Crippen molar-refractivity contribution in [2.24, 2.45) is 0 Å². The number of benzene rings is 1. The van der Waals surface area contributed by atoms with Crippen LogP contribution in [0.1, 0.15) is 11.1 Å². The SMILES string of the molecule is Cc1ccc(Cl)c(CN2CCN(S(C)(=O)=O)CC2)c1N. The normalized spacial score (nSPS) is 18.4. The molecule has 1 aromatic rings. The van der Waals surface area contributed by atoms with E-state index < -0.39 is 10.0 Å². The molecule has 2 N–H and O–H groups in total. The van der Waals surface area contributed by atoms with Gasteiger partial charge in [0.25, 0.3) is 0 Å². The van der Waals surface area contributed by atoms with E-state index in [4.69, 9.17) is 17.3 Å². The zero-order chi connectivity index (χ0) is 14.9. The molecule has 0 aliphatic carbocycles. The third kappa shape index (κ3) is 3.44. The Morgan fingerprint density at radius 3 is 2.40 bits per heavy atom. The van der Waals surface area contributed by atoms with Gasteiger partial charge in [0.15, 0.2) is 0 Å². The van der Waals surface area contributed by atoms with Crippen LogP contribution < -0.4 is 5.73 Å². The summed E-state index contributed by atoms with van der Waals surface area (Å²) >= 11 is 6.21. The molecule has 1 aliphatic heterocycles. The Balaban J connectivity index is 2.05. The van der Waals surface area contributed by atoms with Gasteiger partial charge in [0.2, 0.25) is 10.0 Å². The quantitative estimate of drug-likeness (QED) is 0.854. The molecule has 0 radical (unpaired) electrons. The highest BCUT2D eigenvalue weighted by Crippen LogP contribution is 2.27. The van der Waals surface area contributed by atoms with Crippen LogP contribution in [0.25, 0.3) is 0 Å². The van der Waals surface area contributed by atoms with Crippen LogP contribution in [0.15, 0.2) is 12.1 Å². The Bertz CT molecular complexity index is 596. The van der Waals surface area contributed by atoms with E-state index in [1.807, 2.05) is 19.1 Å². The van der Waals surface area contributed by atoms with Crippen LogP contribution in [-0.4, -0.2) is 50.1 Å². The van der Waals surface area contributed by atoms with E-state index in [0.29, 0.717) is 37.7 Å². The van der Waals surface area contributed by atoms with Gasteiger partial charge in [-0.25, -0.2) is 8.42 Å². The van der Waals surface area contributed by atoms with Crippen molar-refractivity contribution in [3.8, 4) is 0 Å². The molecular formula is C13H20ClN3O2S. The first kappa shape index (κ1) is 15.6. The minimum atomic E-state index is -3.09. The number of hydrogen-bond donors (Lipinski definition) is 1. The molecule has 2 rings (SSSR count). The smallest absolute Gasteiger partial charge is 0.211 e. The second-order valence-electron chi connectivity index (χ2n) is 5.19. The van der Waals surface area contributed by atoms with Crippen molar-refractivity contribution in [1.29, 1.82) is 0 Å². The Morgan fingerprint density at radius 1 is 1.25 bits per heavy atom. The largest absolute Gasteiger partial charge is 0.398 e. The molecule has 1 fully saturated rings. The minimum Gasteiger partial charge on any atom is -0.398 e. The van der Waals surface area contributed by atoms with Crippen molar-refractivity contribution in [2.45, 2.75) is 13.5 Å². The number of nitrogens with two attached hydrogens (primary N) is 1. The lowest BCUT2D eigenvalue weighted by atomic mass is 10.1. The van der Waals surface area contributed by atoms with Crippen LogP contribution in [0.4, 0.5) is 5.69 Å². The molecule has 1 heterocycles. The maximum atomic E-state index is 11.5. The number of nitrogen functional groups attached to an aromatic ring is 1. The van der Waals surface area contributed by atoms with Gasteiger partial charge in [0, 0.05) is 49.0 Å². The molecule has 1 saturated heterocycles. The number of sulfonamides is 1. The van der Waals surface area contributed by atoms with Crippen molar-refractivity contribution >= 4 is 27.3 Å². The molecule has 112 valence electrons. The predicted molar refractivity (Wildman–Crippen MR) is 82.3 cm³/mol. The summed E-state index contributed by atoms with van der Waals surface area (Å²) in [5.41, 5.74) is 8.75. The van der Waals surface area contributed by atoms with Gasteiger partial charge in [-0.15, -0.1) is 0 Å². The Morgan fingerprint density at radius 2 is 1.85 bits per heavy atom. The minimum absolute atomic E-state index is 0.516. The third-order valence-corrected chi connectivity index (χ3v) is 5.36.